The summed E-state index contributed by atoms with van der Waals surface area (Å²) in [6.07, 6.45) is 0. The van der Waals surface area contributed by atoms with E-state index in [1.54, 1.807) is 24.3 Å². The van der Waals surface area contributed by atoms with Crippen LogP contribution in [0.1, 0.15) is 17.3 Å². The van der Waals surface area contributed by atoms with Crippen LogP contribution < -0.4 is 4.90 Å². The van der Waals surface area contributed by atoms with E-state index < -0.39 is 15.8 Å². The Bertz CT molecular complexity index is 906. The molecular weight excluding hydrogens is 431 g/mol. The number of carbonyl (C=O) groups excluding carboxylic acids is 1. The fraction of sp³-hybridized carbons (Fsp3) is 0.312. The number of halogens is 2. The predicted octanol–water partition coefficient (Wildman–Crippen LogP) is 3.36. The Morgan fingerprint density at radius 3 is 2.40 bits per heavy atom. The molecule has 1 saturated heterocycles. The van der Waals surface area contributed by atoms with Crippen LogP contribution in [0.15, 0.2) is 38.3 Å². The highest BCUT2D eigenvalue weighted by atomic mass is 79.9. The van der Waals surface area contributed by atoms with Gasteiger partial charge in [0.15, 0.2) is 5.78 Å². The first kappa shape index (κ1) is 18.5. The van der Waals surface area contributed by atoms with Crippen LogP contribution >= 0.6 is 27.3 Å². The lowest BCUT2D eigenvalue weighted by molar-refractivity contribution is 0.101. The fourth-order valence-electron chi connectivity index (χ4n) is 2.86. The molecule has 0 aliphatic carbocycles. The van der Waals surface area contributed by atoms with Crippen molar-refractivity contribution in [3.8, 4) is 0 Å². The van der Waals surface area contributed by atoms with Crippen LogP contribution in [0.4, 0.5) is 10.1 Å². The minimum absolute atomic E-state index is 0.0565. The van der Waals surface area contributed by atoms with Gasteiger partial charge in [0, 0.05) is 26.2 Å². The van der Waals surface area contributed by atoms with E-state index in [0.717, 1.165) is 3.79 Å². The largest absolute Gasteiger partial charge is 0.368 e. The molecule has 1 aromatic heterocycles. The highest BCUT2D eigenvalue weighted by molar-refractivity contribution is 9.11. The van der Waals surface area contributed by atoms with Gasteiger partial charge in [0.1, 0.15) is 10.0 Å². The van der Waals surface area contributed by atoms with Gasteiger partial charge >= 0.3 is 0 Å². The molecule has 0 amide bonds. The van der Waals surface area contributed by atoms with Crippen LogP contribution in [-0.2, 0) is 10.0 Å². The molecule has 2 heterocycles. The third-order valence-corrected chi connectivity index (χ3v) is 8.06. The molecule has 1 fully saturated rings. The van der Waals surface area contributed by atoms with E-state index in [9.17, 15) is 17.6 Å². The van der Waals surface area contributed by atoms with E-state index in [1.165, 1.54) is 28.6 Å². The summed E-state index contributed by atoms with van der Waals surface area (Å²) < 4.78 is 41.8. The zero-order chi connectivity index (χ0) is 18.2. The summed E-state index contributed by atoms with van der Waals surface area (Å²) in [5, 5.41) is 0. The summed E-state index contributed by atoms with van der Waals surface area (Å²) in [5.74, 6) is -0.893. The van der Waals surface area contributed by atoms with Gasteiger partial charge in [0.2, 0.25) is 0 Å². The smallest absolute Gasteiger partial charge is 0.252 e. The van der Waals surface area contributed by atoms with Crippen LogP contribution in [0.25, 0.3) is 0 Å². The SMILES string of the molecule is CC(=O)c1c(F)cccc1N1CCN(S(=O)(=O)c2ccc(Br)s2)CC1. The van der Waals surface area contributed by atoms with Gasteiger partial charge in [-0.3, -0.25) is 4.79 Å². The van der Waals surface area contributed by atoms with Crippen LogP contribution in [0, 0.1) is 5.82 Å². The standard InChI is InChI=1S/C16H16BrFN2O3S2/c1-11(21)16-12(18)3-2-4-13(16)19-7-9-20(10-8-19)25(22,23)15-6-5-14(17)24-15/h2-6H,7-10H2,1H3. The maximum Gasteiger partial charge on any atom is 0.252 e. The Morgan fingerprint density at radius 1 is 1.16 bits per heavy atom. The van der Waals surface area contributed by atoms with Crippen LogP contribution in [-0.4, -0.2) is 44.7 Å². The van der Waals surface area contributed by atoms with Gasteiger partial charge in [0.25, 0.3) is 10.0 Å². The predicted molar refractivity (Wildman–Crippen MR) is 99.4 cm³/mol. The molecule has 0 N–H and O–H groups in total. The molecule has 0 bridgehead atoms. The number of piperazine rings is 1. The van der Waals surface area contributed by atoms with Crippen molar-refractivity contribution in [2.24, 2.45) is 0 Å². The van der Waals surface area contributed by atoms with E-state index in [-0.39, 0.29) is 24.4 Å². The summed E-state index contributed by atoms with van der Waals surface area (Å²) >= 11 is 4.45. The van der Waals surface area contributed by atoms with Crippen molar-refractivity contribution in [2.75, 3.05) is 31.1 Å². The lowest BCUT2D eigenvalue weighted by atomic mass is 10.1. The lowest BCUT2D eigenvalue weighted by Gasteiger charge is -2.35. The third-order valence-electron chi connectivity index (χ3n) is 4.07. The number of carbonyl (C=O) groups is 1. The molecule has 25 heavy (non-hydrogen) atoms. The van der Waals surface area contributed by atoms with Gasteiger partial charge in [-0.15, -0.1) is 11.3 Å². The number of hydrogen-bond donors (Lipinski definition) is 0. The molecule has 0 radical (unpaired) electrons. The summed E-state index contributed by atoms with van der Waals surface area (Å²) in [7, 11) is -3.53. The number of thiophene rings is 1. The second kappa shape index (κ2) is 7.14. The van der Waals surface area contributed by atoms with E-state index in [4.69, 9.17) is 0 Å². The van der Waals surface area contributed by atoms with E-state index in [0.29, 0.717) is 23.0 Å². The average molecular weight is 447 g/mol. The maximum absolute atomic E-state index is 14.0. The first-order valence-corrected chi connectivity index (χ1v) is 10.7. The molecule has 2 aromatic rings. The molecule has 1 aromatic carbocycles. The van der Waals surface area contributed by atoms with E-state index in [1.807, 2.05) is 4.90 Å². The molecule has 0 unspecified atom stereocenters. The second-order valence-corrected chi connectivity index (χ2v) is 10.3. The summed E-state index contributed by atoms with van der Waals surface area (Å²) in [5.41, 5.74) is 0.574. The number of rotatable bonds is 4. The average Bonchev–Trinajstić information content (AvgIpc) is 3.01. The van der Waals surface area contributed by atoms with Crippen LogP contribution in [0.2, 0.25) is 0 Å². The van der Waals surface area contributed by atoms with Crippen molar-refractivity contribution in [2.45, 2.75) is 11.1 Å². The molecule has 0 atom stereocenters. The fourth-order valence-corrected chi connectivity index (χ4v) is 6.44. The molecule has 0 spiro atoms. The Kier molecular flexibility index (Phi) is 5.29. The van der Waals surface area contributed by atoms with Gasteiger partial charge in [-0.05, 0) is 47.1 Å². The highest BCUT2D eigenvalue weighted by Gasteiger charge is 2.30. The van der Waals surface area contributed by atoms with Gasteiger partial charge in [-0.2, -0.15) is 4.31 Å². The monoisotopic (exact) mass is 446 g/mol. The third kappa shape index (κ3) is 3.64. The molecule has 1 aliphatic rings. The normalized spacial score (nSPS) is 16.2. The topological polar surface area (TPSA) is 57.7 Å². The van der Waals surface area contributed by atoms with Crippen molar-refractivity contribution < 1.29 is 17.6 Å². The number of Topliss-reactive ketones (excluding diaryl/α,β-unsaturated/α-hetero) is 1. The van der Waals surface area contributed by atoms with Crippen molar-refractivity contribution in [1.29, 1.82) is 0 Å². The van der Waals surface area contributed by atoms with Crippen LogP contribution in [0.3, 0.4) is 0 Å². The number of benzene rings is 1. The van der Waals surface area contributed by atoms with Crippen molar-refractivity contribution in [3.05, 3.63) is 45.5 Å². The quantitative estimate of drug-likeness (QED) is 0.675. The molecule has 134 valence electrons. The summed E-state index contributed by atoms with van der Waals surface area (Å²) in [6.45, 7) is 2.69. The Hall–Kier alpha value is -1.29. The minimum atomic E-state index is -3.53. The highest BCUT2D eigenvalue weighted by Crippen LogP contribution is 2.30. The number of nitrogens with zero attached hydrogens (tertiary/aromatic N) is 2. The van der Waals surface area contributed by atoms with Crippen molar-refractivity contribution in [1.82, 2.24) is 4.31 Å². The Labute approximate surface area is 158 Å². The summed E-state index contributed by atoms with van der Waals surface area (Å²) in [4.78, 5) is 13.6. The van der Waals surface area contributed by atoms with Gasteiger partial charge < -0.3 is 4.90 Å². The first-order chi connectivity index (χ1) is 11.8. The number of sulfonamides is 1. The number of ketones is 1. The second-order valence-electron chi connectivity index (χ2n) is 5.64. The Morgan fingerprint density at radius 2 is 1.84 bits per heavy atom. The van der Waals surface area contributed by atoms with E-state index >= 15 is 0 Å². The van der Waals surface area contributed by atoms with Gasteiger partial charge in [0.05, 0.1) is 15.0 Å². The molecule has 9 heteroatoms. The first-order valence-electron chi connectivity index (χ1n) is 7.60. The molecule has 3 rings (SSSR count). The minimum Gasteiger partial charge on any atom is -0.368 e. The van der Waals surface area contributed by atoms with E-state index in [2.05, 4.69) is 15.9 Å². The number of anilines is 1. The van der Waals surface area contributed by atoms with Gasteiger partial charge in [-0.25, -0.2) is 12.8 Å². The molecule has 0 saturated carbocycles. The number of hydrogen-bond acceptors (Lipinski definition) is 5. The zero-order valence-electron chi connectivity index (χ0n) is 13.4. The van der Waals surface area contributed by atoms with Crippen LogP contribution in [0.5, 0.6) is 0 Å². The Balaban J connectivity index is 1.79. The van der Waals surface area contributed by atoms with Crippen molar-refractivity contribution >= 4 is 48.8 Å². The molecule has 1 aliphatic heterocycles. The maximum atomic E-state index is 14.0. The molecule has 5 nitrogen and oxygen atoms in total. The van der Waals surface area contributed by atoms with Gasteiger partial charge in [-0.1, -0.05) is 6.07 Å². The lowest BCUT2D eigenvalue weighted by Crippen LogP contribution is -2.48. The zero-order valence-corrected chi connectivity index (χ0v) is 16.6. The summed E-state index contributed by atoms with van der Waals surface area (Å²) in [6, 6.07) is 7.80. The molecular formula is C16H16BrFN2O3S2. The van der Waals surface area contributed by atoms with Crippen molar-refractivity contribution in [3.63, 3.8) is 0 Å².